The summed E-state index contributed by atoms with van der Waals surface area (Å²) in [6.45, 7) is 4.05. The lowest BCUT2D eigenvalue weighted by molar-refractivity contribution is -0.121. The molecular weight excluding hydrogens is 318 g/mol. The lowest BCUT2D eigenvalue weighted by atomic mass is 10.1. The molecule has 0 aliphatic carbocycles. The highest BCUT2D eigenvalue weighted by molar-refractivity contribution is 7.12. The third kappa shape index (κ3) is 4.50. The van der Waals surface area contributed by atoms with E-state index in [1.807, 2.05) is 36.7 Å². The molecule has 2 aromatic rings. The molecule has 0 bridgehead atoms. The van der Waals surface area contributed by atoms with Gasteiger partial charge in [0.1, 0.15) is 0 Å². The van der Waals surface area contributed by atoms with Gasteiger partial charge >= 0.3 is 0 Å². The van der Waals surface area contributed by atoms with Crippen molar-refractivity contribution in [1.82, 2.24) is 5.32 Å². The van der Waals surface area contributed by atoms with Crippen LogP contribution in [-0.2, 0) is 4.79 Å². The number of thiophene rings is 2. The third-order valence-corrected chi connectivity index (χ3v) is 5.01. The highest BCUT2D eigenvalue weighted by atomic mass is 32.1. The maximum atomic E-state index is 12.1. The summed E-state index contributed by atoms with van der Waals surface area (Å²) in [7, 11) is 0. The number of hydrogen-bond donors (Lipinski definition) is 2. The predicted molar refractivity (Wildman–Crippen MR) is 89.6 cm³/mol. The number of rotatable bonds is 7. The zero-order valence-corrected chi connectivity index (χ0v) is 14.2. The molecule has 0 aliphatic rings. The largest absolute Gasteiger partial charge is 0.387 e. The lowest BCUT2D eigenvalue weighted by Gasteiger charge is -2.10. The van der Waals surface area contributed by atoms with Crippen molar-refractivity contribution in [3.63, 3.8) is 0 Å². The minimum Gasteiger partial charge on any atom is -0.387 e. The molecule has 0 aromatic carbocycles. The van der Waals surface area contributed by atoms with Gasteiger partial charge in [0.2, 0.25) is 5.91 Å². The van der Waals surface area contributed by atoms with Crippen molar-refractivity contribution >= 4 is 34.4 Å². The van der Waals surface area contributed by atoms with Crippen LogP contribution < -0.4 is 5.32 Å². The zero-order valence-electron chi connectivity index (χ0n) is 12.6. The molecule has 1 amide bonds. The molecule has 2 aromatic heterocycles. The predicted octanol–water partition coefficient (Wildman–Crippen LogP) is 3.24. The fraction of sp³-hybridized carbons (Fsp3) is 0.375. The van der Waals surface area contributed by atoms with E-state index in [1.54, 1.807) is 11.3 Å². The van der Waals surface area contributed by atoms with Gasteiger partial charge in [-0.1, -0.05) is 0 Å². The summed E-state index contributed by atoms with van der Waals surface area (Å²) in [6, 6.07) is 3.70. The molecule has 2 heterocycles. The minimum absolute atomic E-state index is 0.00427. The maximum absolute atomic E-state index is 12.1. The number of aliphatic hydroxyl groups is 1. The van der Waals surface area contributed by atoms with Gasteiger partial charge in [-0.05, 0) is 42.3 Å². The van der Waals surface area contributed by atoms with Crippen LogP contribution >= 0.6 is 22.7 Å². The first-order chi connectivity index (χ1) is 10.5. The van der Waals surface area contributed by atoms with Crippen LogP contribution in [0.15, 0.2) is 22.9 Å². The normalized spacial score (nSPS) is 12.1. The number of aliphatic hydroxyl groups excluding tert-OH is 1. The molecule has 4 nitrogen and oxygen atoms in total. The molecule has 0 saturated carbocycles. The summed E-state index contributed by atoms with van der Waals surface area (Å²) in [6.07, 6.45) is -0.367. The number of amides is 1. The van der Waals surface area contributed by atoms with E-state index in [0.717, 1.165) is 15.3 Å². The number of hydrogen-bond acceptors (Lipinski definition) is 5. The molecule has 118 valence electrons. The number of carbonyl (C=O) groups is 2. The van der Waals surface area contributed by atoms with Gasteiger partial charge < -0.3 is 10.4 Å². The van der Waals surface area contributed by atoms with E-state index in [-0.39, 0.29) is 31.1 Å². The Balaban J connectivity index is 1.76. The van der Waals surface area contributed by atoms with Gasteiger partial charge in [0.25, 0.3) is 0 Å². The zero-order chi connectivity index (χ0) is 16.1. The van der Waals surface area contributed by atoms with E-state index in [9.17, 15) is 14.7 Å². The van der Waals surface area contributed by atoms with Crippen LogP contribution in [0.3, 0.4) is 0 Å². The monoisotopic (exact) mass is 337 g/mol. The number of carbonyl (C=O) groups excluding carboxylic acids is 2. The number of Topliss-reactive ketones (excluding diaryl/α,β-unsaturated/α-hetero) is 1. The standard InChI is InChI=1S/C16H19NO3S2/c1-10-7-13(11(2)22-10)14(18)3-4-16(20)17-8-15(19)12-5-6-21-9-12/h5-7,9,15,19H,3-4,8H2,1-2H3,(H,17,20). The first-order valence-electron chi connectivity index (χ1n) is 7.04. The van der Waals surface area contributed by atoms with Crippen molar-refractivity contribution < 1.29 is 14.7 Å². The molecule has 2 N–H and O–H groups in total. The van der Waals surface area contributed by atoms with Crippen molar-refractivity contribution in [2.24, 2.45) is 0 Å². The highest BCUT2D eigenvalue weighted by Crippen LogP contribution is 2.22. The Morgan fingerprint density at radius 1 is 1.32 bits per heavy atom. The Morgan fingerprint density at radius 2 is 2.09 bits per heavy atom. The van der Waals surface area contributed by atoms with Gasteiger partial charge in [-0.2, -0.15) is 11.3 Å². The van der Waals surface area contributed by atoms with Crippen LogP contribution in [-0.4, -0.2) is 23.3 Å². The summed E-state index contributed by atoms with van der Waals surface area (Å²) in [5, 5.41) is 16.3. The van der Waals surface area contributed by atoms with E-state index in [2.05, 4.69) is 5.32 Å². The Labute approximate surface area is 137 Å². The smallest absolute Gasteiger partial charge is 0.220 e. The molecule has 6 heteroatoms. The fourth-order valence-electron chi connectivity index (χ4n) is 2.15. The van der Waals surface area contributed by atoms with Crippen molar-refractivity contribution in [1.29, 1.82) is 0 Å². The second kappa shape index (κ2) is 7.67. The average Bonchev–Trinajstić information content (AvgIpc) is 3.11. The third-order valence-electron chi connectivity index (χ3n) is 3.34. The topological polar surface area (TPSA) is 66.4 Å². The van der Waals surface area contributed by atoms with Crippen LogP contribution in [0.2, 0.25) is 0 Å². The van der Waals surface area contributed by atoms with E-state index in [0.29, 0.717) is 5.56 Å². The number of aryl methyl sites for hydroxylation is 2. The van der Waals surface area contributed by atoms with Crippen molar-refractivity contribution in [3.05, 3.63) is 43.8 Å². The molecule has 1 atom stereocenters. The SMILES string of the molecule is Cc1cc(C(=O)CCC(=O)NCC(O)c2ccsc2)c(C)s1. The van der Waals surface area contributed by atoms with Crippen molar-refractivity contribution in [2.45, 2.75) is 32.8 Å². The van der Waals surface area contributed by atoms with Crippen LogP contribution in [0.1, 0.15) is 44.6 Å². The summed E-state index contributed by atoms with van der Waals surface area (Å²) < 4.78 is 0. The van der Waals surface area contributed by atoms with Crippen LogP contribution in [0.5, 0.6) is 0 Å². The second-order valence-corrected chi connectivity index (χ2v) is 7.37. The van der Waals surface area contributed by atoms with Crippen molar-refractivity contribution in [2.75, 3.05) is 6.54 Å². The number of nitrogens with one attached hydrogen (secondary N) is 1. The summed E-state index contributed by atoms with van der Waals surface area (Å²) >= 11 is 3.09. The van der Waals surface area contributed by atoms with Gasteiger partial charge in [-0.15, -0.1) is 11.3 Å². The first kappa shape index (κ1) is 16.9. The lowest BCUT2D eigenvalue weighted by Crippen LogP contribution is -2.28. The quantitative estimate of drug-likeness (QED) is 0.762. The molecular formula is C16H19NO3S2. The molecule has 1 unspecified atom stereocenters. The molecule has 0 radical (unpaired) electrons. The van der Waals surface area contributed by atoms with Gasteiger partial charge in [0.15, 0.2) is 5.78 Å². The van der Waals surface area contributed by atoms with Gasteiger partial charge in [-0.25, -0.2) is 0 Å². The van der Waals surface area contributed by atoms with Crippen LogP contribution in [0.4, 0.5) is 0 Å². The Hall–Kier alpha value is -1.50. The van der Waals surface area contributed by atoms with E-state index in [1.165, 1.54) is 11.3 Å². The Morgan fingerprint density at radius 3 is 2.68 bits per heavy atom. The number of ketones is 1. The van der Waals surface area contributed by atoms with Crippen LogP contribution in [0.25, 0.3) is 0 Å². The average molecular weight is 337 g/mol. The molecule has 0 aliphatic heterocycles. The molecule has 2 rings (SSSR count). The fourth-order valence-corrected chi connectivity index (χ4v) is 3.80. The second-order valence-electron chi connectivity index (χ2n) is 5.13. The molecule has 0 fully saturated rings. The van der Waals surface area contributed by atoms with Crippen molar-refractivity contribution in [3.8, 4) is 0 Å². The van der Waals surface area contributed by atoms with E-state index >= 15 is 0 Å². The Bertz CT molecular complexity index is 646. The summed E-state index contributed by atoms with van der Waals surface area (Å²) in [4.78, 5) is 26.0. The maximum Gasteiger partial charge on any atom is 0.220 e. The minimum atomic E-state index is -0.701. The van der Waals surface area contributed by atoms with E-state index in [4.69, 9.17) is 0 Å². The molecule has 22 heavy (non-hydrogen) atoms. The van der Waals surface area contributed by atoms with E-state index < -0.39 is 6.10 Å². The first-order valence-corrected chi connectivity index (χ1v) is 8.80. The van der Waals surface area contributed by atoms with Gasteiger partial charge in [0, 0.05) is 34.7 Å². The molecule has 0 spiro atoms. The van der Waals surface area contributed by atoms with Gasteiger partial charge in [-0.3, -0.25) is 9.59 Å². The highest BCUT2D eigenvalue weighted by Gasteiger charge is 2.14. The molecule has 0 saturated heterocycles. The van der Waals surface area contributed by atoms with Crippen LogP contribution in [0, 0.1) is 13.8 Å². The summed E-state index contributed by atoms with van der Waals surface area (Å²) in [5.41, 5.74) is 1.51. The van der Waals surface area contributed by atoms with Gasteiger partial charge in [0.05, 0.1) is 6.10 Å². The Kier molecular flexibility index (Phi) is 5.88. The summed E-state index contributed by atoms with van der Waals surface area (Å²) in [5.74, 6) is -0.220.